The lowest BCUT2D eigenvalue weighted by Gasteiger charge is -2.27. The number of fused-ring (bicyclic) bond motifs is 4. The lowest BCUT2D eigenvalue weighted by atomic mass is 9.86. The second-order valence-electron chi connectivity index (χ2n) is 21.3. The topological polar surface area (TPSA) is 33.5 Å². The predicted octanol–water partition coefficient (Wildman–Crippen LogP) is 18.8. The van der Waals surface area contributed by atoms with Crippen molar-refractivity contribution in [3.05, 3.63) is 241 Å². The summed E-state index contributed by atoms with van der Waals surface area (Å²) < 4.78 is 63.6. The second kappa shape index (κ2) is 18.4. The molecule has 0 spiro atoms. The first kappa shape index (κ1) is 39.9. The number of anilines is 4. The summed E-state index contributed by atoms with van der Waals surface area (Å²) in [5.74, 6) is 0.902. The summed E-state index contributed by atoms with van der Waals surface area (Å²) in [5.41, 5.74) is 14.5. The molecule has 362 valence electrons. The Morgan fingerprint density at radius 1 is 0.500 bits per heavy atom. The van der Waals surface area contributed by atoms with Crippen molar-refractivity contribution in [3.63, 3.8) is 0 Å². The van der Waals surface area contributed by atoms with E-state index in [4.69, 9.17) is 13.8 Å². The van der Waals surface area contributed by atoms with Gasteiger partial charge in [0.15, 0.2) is 0 Å². The normalized spacial score (nSPS) is 14.0. The molecule has 0 atom stereocenters. The van der Waals surface area contributed by atoms with Crippen LogP contribution in [0.25, 0.3) is 72.1 Å². The molecule has 74 heavy (non-hydrogen) atoms. The SMILES string of the molecule is [2H]c1c(Oc2cc(-c3ccc(C(C)(C)C)cc3)c3c4ccccc4n(-c4cc(C([2H])([2H])[2H])c(-c5ccccc5)cn4)c3c2)cc(N2CN(c3c(-c4ccccc4)cccc3-c3ccc(C(C)(C)C)cc3)c3ccccc32)c([2H])c1[2H]. The summed E-state index contributed by atoms with van der Waals surface area (Å²) in [7, 11) is 0. The molecule has 0 amide bonds. The zero-order valence-corrected chi connectivity index (χ0v) is 42.5. The summed E-state index contributed by atoms with van der Waals surface area (Å²) in [6.07, 6.45) is 1.65. The van der Waals surface area contributed by atoms with E-state index in [1.54, 1.807) is 18.3 Å². The molecule has 0 unspecified atom stereocenters. The van der Waals surface area contributed by atoms with E-state index in [9.17, 15) is 4.11 Å². The van der Waals surface area contributed by atoms with Crippen LogP contribution < -0.4 is 14.5 Å². The molecule has 0 radical (unpaired) electrons. The molecule has 2 aromatic heterocycles. The average Bonchev–Trinajstić information content (AvgIpc) is 3.72. The maximum Gasteiger partial charge on any atom is 0.137 e. The van der Waals surface area contributed by atoms with E-state index in [2.05, 4.69) is 150 Å². The maximum atomic E-state index is 9.57. The first-order chi connectivity index (χ1) is 38.3. The molecular formula is C69H60N4O. The molecule has 1 aliphatic rings. The molecule has 0 saturated carbocycles. The van der Waals surface area contributed by atoms with Crippen molar-refractivity contribution >= 4 is 44.6 Å². The van der Waals surface area contributed by atoms with Crippen molar-refractivity contribution in [2.24, 2.45) is 0 Å². The van der Waals surface area contributed by atoms with Gasteiger partial charge in [0.2, 0.25) is 0 Å². The third kappa shape index (κ3) is 8.48. The molecular weight excluding hydrogens is 901 g/mol. The summed E-state index contributed by atoms with van der Waals surface area (Å²) in [4.78, 5) is 9.35. The van der Waals surface area contributed by atoms with E-state index in [-0.39, 0.29) is 40.3 Å². The predicted molar refractivity (Wildman–Crippen MR) is 311 cm³/mol. The van der Waals surface area contributed by atoms with Crippen LogP contribution in [0.5, 0.6) is 11.5 Å². The fraction of sp³-hybridized carbons (Fsp3) is 0.145. The first-order valence-corrected chi connectivity index (χ1v) is 25.3. The zero-order chi connectivity index (χ0) is 55.8. The van der Waals surface area contributed by atoms with E-state index >= 15 is 0 Å². The Morgan fingerprint density at radius 2 is 1.07 bits per heavy atom. The van der Waals surface area contributed by atoms with E-state index in [0.717, 1.165) is 72.3 Å². The molecule has 0 N–H and O–H groups in total. The minimum absolute atomic E-state index is 0.0163. The second-order valence-corrected chi connectivity index (χ2v) is 21.3. The van der Waals surface area contributed by atoms with Gasteiger partial charge in [-0.3, -0.25) is 4.57 Å². The summed E-state index contributed by atoms with van der Waals surface area (Å²) >= 11 is 0. The minimum atomic E-state index is -2.46. The van der Waals surface area contributed by atoms with Gasteiger partial charge in [-0.05, 0) is 105 Å². The van der Waals surface area contributed by atoms with E-state index in [1.807, 2.05) is 94.4 Å². The van der Waals surface area contributed by atoms with Crippen LogP contribution in [0, 0.1) is 6.85 Å². The number of para-hydroxylation sites is 4. The Bertz CT molecular complexity index is 4160. The zero-order valence-electron chi connectivity index (χ0n) is 48.5. The molecule has 5 heteroatoms. The first-order valence-electron chi connectivity index (χ1n) is 28.3. The van der Waals surface area contributed by atoms with Crippen molar-refractivity contribution < 1.29 is 13.0 Å². The molecule has 3 heterocycles. The van der Waals surface area contributed by atoms with Crippen LogP contribution in [0.1, 0.15) is 66.5 Å². The number of hydrogen-bond donors (Lipinski definition) is 0. The van der Waals surface area contributed by atoms with Crippen molar-refractivity contribution in [1.29, 1.82) is 0 Å². The fourth-order valence-electron chi connectivity index (χ4n) is 10.5. The highest BCUT2D eigenvalue weighted by Gasteiger charge is 2.32. The molecule has 12 rings (SSSR count). The van der Waals surface area contributed by atoms with Crippen LogP contribution in [0.4, 0.5) is 22.7 Å². The summed E-state index contributed by atoms with van der Waals surface area (Å²) in [6, 6.07) is 66.5. The van der Waals surface area contributed by atoms with Gasteiger partial charge in [0, 0.05) is 55.6 Å². The maximum absolute atomic E-state index is 9.57. The lowest BCUT2D eigenvalue weighted by molar-refractivity contribution is 0.483. The number of hydrogen-bond acceptors (Lipinski definition) is 4. The van der Waals surface area contributed by atoms with Gasteiger partial charge in [-0.15, -0.1) is 0 Å². The van der Waals surface area contributed by atoms with Gasteiger partial charge >= 0.3 is 0 Å². The Hall–Kier alpha value is -8.67. The third-order valence-corrected chi connectivity index (χ3v) is 14.4. The largest absolute Gasteiger partial charge is 0.457 e. The molecule has 0 fully saturated rings. The third-order valence-electron chi connectivity index (χ3n) is 14.4. The Kier molecular flexibility index (Phi) is 9.93. The Labute approximate surface area is 444 Å². The van der Waals surface area contributed by atoms with Crippen LogP contribution in [0.3, 0.4) is 0 Å². The molecule has 0 saturated heterocycles. The highest BCUT2D eigenvalue weighted by atomic mass is 16.5. The number of pyridine rings is 1. The average molecular weight is 967 g/mol. The standard InChI is InChI=1S/C69H60N4O/c1-46-40-65(70-44-60(46)48-22-12-9-13-23-48)73-61-29-15-14-26-58(61)66-59(50-34-38-52(39-35-50)69(5,6)7)42-55(43-64(66)73)74-54-25-18-24-53(41-54)71-45-72(63-31-17-16-30-62(63)71)67-56(47-20-10-8-11-21-47)27-19-28-57(67)49-32-36-51(37-33-49)68(2,3)4/h8-44H,45H2,1-7H3/i1D3,18D,24D,25D. The van der Waals surface area contributed by atoms with Gasteiger partial charge in [-0.25, -0.2) is 4.98 Å². The number of nitrogens with zero attached hydrogens (tertiary/aromatic N) is 4. The molecule has 5 nitrogen and oxygen atoms in total. The van der Waals surface area contributed by atoms with Crippen LogP contribution in [0.2, 0.25) is 0 Å². The van der Waals surface area contributed by atoms with Crippen molar-refractivity contribution in [3.8, 4) is 61.8 Å². The Balaban J connectivity index is 1.02. The van der Waals surface area contributed by atoms with Gasteiger partial charge < -0.3 is 14.5 Å². The number of benzene rings is 9. The number of rotatable bonds is 9. The highest BCUT2D eigenvalue weighted by Crippen LogP contribution is 2.51. The van der Waals surface area contributed by atoms with E-state index < -0.39 is 6.85 Å². The quantitative estimate of drug-likeness (QED) is 0.144. The van der Waals surface area contributed by atoms with Crippen LogP contribution >= 0.6 is 0 Å². The van der Waals surface area contributed by atoms with Crippen molar-refractivity contribution in [2.45, 2.75) is 59.2 Å². The van der Waals surface area contributed by atoms with Crippen LogP contribution in [0.15, 0.2) is 225 Å². The van der Waals surface area contributed by atoms with Crippen LogP contribution in [-0.4, -0.2) is 16.2 Å². The monoisotopic (exact) mass is 967 g/mol. The van der Waals surface area contributed by atoms with Gasteiger partial charge in [0.25, 0.3) is 0 Å². The highest BCUT2D eigenvalue weighted by molar-refractivity contribution is 6.16. The molecule has 0 aliphatic carbocycles. The van der Waals surface area contributed by atoms with Gasteiger partial charge in [0.1, 0.15) is 24.0 Å². The molecule has 9 aromatic carbocycles. The molecule has 0 bridgehead atoms. The van der Waals surface area contributed by atoms with Crippen molar-refractivity contribution in [2.75, 3.05) is 16.5 Å². The smallest absolute Gasteiger partial charge is 0.137 e. The van der Waals surface area contributed by atoms with Crippen LogP contribution in [-0.2, 0) is 10.8 Å². The van der Waals surface area contributed by atoms with Gasteiger partial charge in [0.05, 0.1) is 32.2 Å². The van der Waals surface area contributed by atoms with Gasteiger partial charge in [-0.1, -0.05) is 205 Å². The number of aryl methyl sites for hydroxylation is 1. The van der Waals surface area contributed by atoms with Gasteiger partial charge in [-0.2, -0.15) is 0 Å². The minimum Gasteiger partial charge on any atom is -0.457 e. The fourth-order valence-corrected chi connectivity index (χ4v) is 10.5. The lowest BCUT2D eigenvalue weighted by Crippen LogP contribution is -2.25. The van der Waals surface area contributed by atoms with E-state index in [1.165, 1.54) is 11.1 Å². The number of aromatic nitrogens is 2. The molecule has 1 aliphatic heterocycles. The Morgan fingerprint density at radius 3 is 1.70 bits per heavy atom. The number of ether oxygens (including phenoxy) is 1. The van der Waals surface area contributed by atoms with E-state index in [0.29, 0.717) is 35.0 Å². The summed E-state index contributed by atoms with van der Waals surface area (Å²) in [5, 5.41) is 1.84. The molecule has 11 aromatic rings. The summed E-state index contributed by atoms with van der Waals surface area (Å²) in [6.45, 7) is 11.1. The van der Waals surface area contributed by atoms with Crippen molar-refractivity contribution in [1.82, 2.24) is 9.55 Å².